The standard InChI is InChI=1S/C17H24N2O4/c1-16(2,3)12(14(20)21)10-17(19,15(22)23)13(18)9-11-7-5-4-6-8-11/h4-8,12,18H,9-10,19H2,1-3H3,(H,20,21)(H,22,23)/t12?,17-/m1/s1. The molecule has 6 nitrogen and oxygen atoms in total. The first-order valence-electron chi connectivity index (χ1n) is 7.35. The highest BCUT2D eigenvalue weighted by Crippen LogP contribution is 2.33. The summed E-state index contributed by atoms with van der Waals surface area (Å²) < 4.78 is 0. The van der Waals surface area contributed by atoms with Crippen LogP contribution in [0.1, 0.15) is 32.8 Å². The number of rotatable bonds is 7. The SMILES string of the molecule is CC(C)(C)C(C[C@@](N)(C(=N)Cc1ccccc1)C(=O)O)C(=O)O. The molecule has 0 aliphatic heterocycles. The van der Waals surface area contributed by atoms with Crippen molar-refractivity contribution in [1.29, 1.82) is 5.41 Å². The summed E-state index contributed by atoms with van der Waals surface area (Å²) >= 11 is 0. The minimum absolute atomic E-state index is 0.0696. The summed E-state index contributed by atoms with van der Waals surface area (Å²) in [6, 6.07) is 8.94. The molecule has 0 saturated heterocycles. The van der Waals surface area contributed by atoms with Crippen LogP contribution < -0.4 is 5.73 Å². The Morgan fingerprint density at radius 2 is 1.70 bits per heavy atom. The molecule has 0 aliphatic rings. The summed E-state index contributed by atoms with van der Waals surface area (Å²) in [5.74, 6) is -3.46. The zero-order valence-electron chi connectivity index (χ0n) is 13.7. The van der Waals surface area contributed by atoms with Crippen molar-refractivity contribution in [2.24, 2.45) is 17.1 Å². The third-order valence-electron chi connectivity index (χ3n) is 4.01. The van der Waals surface area contributed by atoms with Gasteiger partial charge in [0, 0.05) is 12.1 Å². The Bertz CT molecular complexity index is 592. The van der Waals surface area contributed by atoms with E-state index < -0.39 is 28.8 Å². The lowest BCUT2D eigenvalue weighted by atomic mass is 9.71. The van der Waals surface area contributed by atoms with Gasteiger partial charge in [-0.15, -0.1) is 0 Å². The van der Waals surface area contributed by atoms with Gasteiger partial charge in [0.05, 0.1) is 5.92 Å². The van der Waals surface area contributed by atoms with Crippen LogP contribution in [0.2, 0.25) is 0 Å². The quantitative estimate of drug-likeness (QED) is 0.573. The van der Waals surface area contributed by atoms with E-state index in [-0.39, 0.29) is 18.6 Å². The summed E-state index contributed by atoms with van der Waals surface area (Å²) in [6.07, 6.45) is -0.257. The Kier molecular flexibility index (Phi) is 5.66. The van der Waals surface area contributed by atoms with Crippen LogP contribution in [0.4, 0.5) is 0 Å². The Labute approximate surface area is 135 Å². The van der Waals surface area contributed by atoms with Crippen LogP contribution >= 0.6 is 0 Å². The average molecular weight is 320 g/mol. The lowest BCUT2D eigenvalue weighted by molar-refractivity contribution is -0.148. The molecule has 0 saturated carbocycles. The maximum Gasteiger partial charge on any atom is 0.329 e. The summed E-state index contributed by atoms with van der Waals surface area (Å²) in [5, 5.41) is 27.1. The fraction of sp³-hybridized carbons (Fsp3) is 0.471. The number of aliphatic carboxylic acids is 2. The third kappa shape index (κ3) is 4.63. The molecule has 23 heavy (non-hydrogen) atoms. The van der Waals surface area contributed by atoms with Crippen LogP contribution in [0.5, 0.6) is 0 Å². The van der Waals surface area contributed by atoms with Gasteiger partial charge in [-0.1, -0.05) is 51.1 Å². The van der Waals surface area contributed by atoms with E-state index in [1.807, 2.05) is 6.07 Å². The first-order chi connectivity index (χ1) is 10.5. The van der Waals surface area contributed by atoms with Gasteiger partial charge >= 0.3 is 11.9 Å². The second-order valence-electron chi connectivity index (χ2n) is 6.88. The van der Waals surface area contributed by atoms with Crippen molar-refractivity contribution in [3.63, 3.8) is 0 Å². The second-order valence-corrected chi connectivity index (χ2v) is 6.88. The van der Waals surface area contributed by atoms with E-state index in [0.717, 1.165) is 5.56 Å². The van der Waals surface area contributed by atoms with Crippen LogP contribution in [0.15, 0.2) is 30.3 Å². The van der Waals surface area contributed by atoms with E-state index in [9.17, 15) is 19.8 Å². The molecule has 0 heterocycles. The second kappa shape index (κ2) is 6.91. The van der Waals surface area contributed by atoms with E-state index in [0.29, 0.717) is 0 Å². The Morgan fingerprint density at radius 1 is 1.17 bits per heavy atom. The molecule has 6 heteroatoms. The monoisotopic (exact) mass is 320 g/mol. The number of carboxylic acid groups (broad SMARTS) is 2. The minimum atomic E-state index is -2.01. The van der Waals surface area contributed by atoms with Crippen LogP contribution in [0, 0.1) is 16.7 Å². The molecule has 1 rings (SSSR count). The molecule has 1 unspecified atom stereocenters. The highest BCUT2D eigenvalue weighted by Gasteiger charge is 2.45. The number of hydrogen-bond acceptors (Lipinski definition) is 4. The summed E-state index contributed by atoms with van der Waals surface area (Å²) in [5.41, 5.74) is 3.86. The predicted octanol–water partition coefficient (Wildman–Crippen LogP) is 2.17. The Morgan fingerprint density at radius 3 is 2.09 bits per heavy atom. The van der Waals surface area contributed by atoms with E-state index in [4.69, 9.17) is 11.1 Å². The molecule has 0 bridgehead atoms. The molecule has 0 fully saturated rings. The molecule has 1 aromatic carbocycles. The van der Waals surface area contributed by atoms with Crippen molar-refractivity contribution in [2.75, 3.05) is 0 Å². The number of carbonyl (C=O) groups is 2. The molecule has 0 amide bonds. The van der Waals surface area contributed by atoms with Gasteiger partial charge in [-0.25, -0.2) is 4.79 Å². The molecule has 5 N–H and O–H groups in total. The van der Waals surface area contributed by atoms with Crippen molar-refractivity contribution >= 4 is 17.7 Å². The van der Waals surface area contributed by atoms with E-state index in [1.54, 1.807) is 45.0 Å². The van der Waals surface area contributed by atoms with Crippen LogP contribution in [-0.4, -0.2) is 33.4 Å². The van der Waals surface area contributed by atoms with Crippen LogP contribution in [0.25, 0.3) is 0 Å². The Hall–Kier alpha value is -2.21. The number of nitrogens with one attached hydrogen (secondary N) is 1. The summed E-state index contributed by atoms with van der Waals surface area (Å²) in [7, 11) is 0. The first kappa shape index (κ1) is 18.8. The van der Waals surface area contributed by atoms with Crippen molar-refractivity contribution in [1.82, 2.24) is 0 Å². The maximum absolute atomic E-state index is 11.7. The highest BCUT2D eigenvalue weighted by atomic mass is 16.4. The predicted molar refractivity (Wildman–Crippen MR) is 87.6 cm³/mol. The maximum atomic E-state index is 11.7. The Balaban J connectivity index is 3.09. The van der Waals surface area contributed by atoms with Crippen molar-refractivity contribution < 1.29 is 19.8 Å². The largest absolute Gasteiger partial charge is 0.481 e. The lowest BCUT2D eigenvalue weighted by Crippen LogP contribution is -2.58. The zero-order valence-corrected chi connectivity index (χ0v) is 13.7. The fourth-order valence-corrected chi connectivity index (χ4v) is 2.38. The summed E-state index contributed by atoms with van der Waals surface area (Å²) in [6.45, 7) is 5.15. The van der Waals surface area contributed by atoms with Crippen LogP contribution in [0.3, 0.4) is 0 Å². The van der Waals surface area contributed by atoms with E-state index >= 15 is 0 Å². The van der Waals surface area contributed by atoms with Gasteiger partial charge in [-0.05, 0) is 17.4 Å². The zero-order chi connectivity index (χ0) is 17.8. The van der Waals surface area contributed by atoms with Crippen molar-refractivity contribution in [3.05, 3.63) is 35.9 Å². The molecule has 2 atom stereocenters. The highest BCUT2D eigenvalue weighted by molar-refractivity contribution is 6.10. The van der Waals surface area contributed by atoms with Gasteiger partial charge in [-0.2, -0.15) is 0 Å². The molecule has 0 aromatic heterocycles. The minimum Gasteiger partial charge on any atom is -0.481 e. The van der Waals surface area contributed by atoms with E-state index in [1.165, 1.54) is 0 Å². The van der Waals surface area contributed by atoms with E-state index in [2.05, 4.69) is 0 Å². The van der Waals surface area contributed by atoms with Gasteiger partial charge in [0.1, 0.15) is 0 Å². The molecule has 0 aliphatic carbocycles. The number of benzene rings is 1. The molecule has 0 radical (unpaired) electrons. The molecule has 126 valence electrons. The fourth-order valence-electron chi connectivity index (χ4n) is 2.38. The smallest absolute Gasteiger partial charge is 0.329 e. The van der Waals surface area contributed by atoms with Crippen LogP contribution in [-0.2, 0) is 16.0 Å². The van der Waals surface area contributed by atoms with Crippen molar-refractivity contribution in [3.8, 4) is 0 Å². The topological polar surface area (TPSA) is 124 Å². The van der Waals surface area contributed by atoms with Gasteiger partial charge in [0.15, 0.2) is 5.54 Å². The number of carboxylic acids is 2. The average Bonchev–Trinajstić information content (AvgIpc) is 2.43. The van der Waals surface area contributed by atoms with Gasteiger partial charge < -0.3 is 21.4 Å². The lowest BCUT2D eigenvalue weighted by Gasteiger charge is -2.34. The third-order valence-corrected chi connectivity index (χ3v) is 4.01. The molecular formula is C17H24N2O4. The normalized spacial score (nSPS) is 15.5. The van der Waals surface area contributed by atoms with Gasteiger partial charge in [0.25, 0.3) is 0 Å². The number of hydrogen-bond donors (Lipinski definition) is 4. The van der Waals surface area contributed by atoms with Crippen molar-refractivity contribution in [2.45, 2.75) is 39.2 Å². The molecule has 0 spiro atoms. The molecular weight excluding hydrogens is 296 g/mol. The molecule has 1 aromatic rings. The summed E-state index contributed by atoms with van der Waals surface area (Å²) in [4.78, 5) is 23.2. The first-order valence-corrected chi connectivity index (χ1v) is 7.35. The van der Waals surface area contributed by atoms with Gasteiger partial charge in [0.2, 0.25) is 0 Å². The number of nitrogens with two attached hydrogens (primary N) is 1. The van der Waals surface area contributed by atoms with Gasteiger partial charge in [-0.3, -0.25) is 4.79 Å².